The minimum Gasteiger partial charge on any atom is -0.396 e. The predicted octanol–water partition coefficient (Wildman–Crippen LogP) is 1.61. The fraction of sp³-hybridized carbons (Fsp3) is 1.00. The first-order valence-corrected chi connectivity index (χ1v) is 3.94. The first-order chi connectivity index (χ1) is 4.77. The minimum atomic E-state index is -0.211. The van der Waals surface area contributed by atoms with Crippen molar-refractivity contribution in [1.29, 1.82) is 0 Å². The van der Waals surface area contributed by atoms with Gasteiger partial charge in [-0.3, -0.25) is 4.39 Å². The zero-order chi connectivity index (χ0) is 7.56. The van der Waals surface area contributed by atoms with Crippen molar-refractivity contribution in [2.75, 3.05) is 13.3 Å². The standard InChI is InChI=1S/C8H15FO/c1-6-2-7(5-10)3-8(6)4-9/h6-8,10H,2-5H2,1H3/t6-,7+,8-/m1/s1. The summed E-state index contributed by atoms with van der Waals surface area (Å²) in [6, 6.07) is 0. The number of aliphatic hydroxyl groups is 1. The fourth-order valence-electron chi connectivity index (χ4n) is 1.84. The molecule has 0 radical (unpaired) electrons. The van der Waals surface area contributed by atoms with Crippen LogP contribution < -0.4 is 0 Å². The van der Waals surface area contributed by atoms with Crippen molar-refractivity contribution in [3.05, 3.63) is 0 Å². The molecule has 0 aromatic heterocycles. The van der Waals surface area contributed by atoms with Gasteiger partial charge < -0.3 is 5.11 Å². The Morgan fingerprint density at radius 2 is 2.20 bits per heavy atom. The Kier molecular flexibility index (Phi) is 2.66. The van der Waals surface area contributed by atoms with Crippen molar-refractivity contribution in [2.24, 2.45) is 17.8 Å². The molecule has 0 amide bonds. The molecular formula is C8H15FO. The summed E-state index contributed by atoms with van der Waals surface area (Å²) in [5, 5.41) is 8.77. The van der Waals surface area contributed by atoms with E-state index in [0.29, 0.717) is 11.8 Å². The highest BCUT2D eigenvalue weighted by molar-refractivity contribution is 4.79. The summed E-state index contributed by atoms with van der Waals surface area (Å²) in [4.78, 5) is 0. The summed E-state index contributed by atoms with van der Waals surface area (Å²) in [5.74, 6) is 1.06. The molecule has 0 spiro atoms. The van der Waals surface area contributed by atoms with Crippen LogP contribution in [0.5, 0.6) is 0 Å². The van der Waals surface area contributed by atoms with Crippen LogP contribution in [0.15, 0.2) is 0 Å². The van der Waals surface area contributed by atoms with Crippen molar-refractivity contribution in [3.63, 3.8) is 0 Å². The van der Waals surface area contributed by atoms with Gasteiger partial charge in [-0.25, -0.2) is 0 Å². The summed E-state index contributed by atoms with van der Waals surface area (Å²) < 4.78 is 12.2. The van der Waals surface area contributed by atoms with Crippen LogP contribution in [0.4, 0.5) is 4.39 Å². The third-order valence-corrected chi connectivity index (χ3v) is 2.60. The number of aliphatic hydroxyl groups excluding tert-OH is 1. The summed E-state index contributed by atoms with van der Waals surface area (Å²) in [6.07, 6.45) is 1.89. The molecule has 1 nitrogen and oxygen atoms in total. The highest BCUT2D eigenvalue weighted by Crippen LogP contribution is 2.35. The third kappa shape index (κ3) is 1.48. The molecule has 0 aromatic rings. The molecule has 3 atom stereocenters. The van der Waals surface area contributed by atoms with Crippen LogP contribution >= 0.6 is 0 Å². The summed E-state index contributed by atoms with van der Waals surface area (Å²) in [5.41, 5.74) is 0. The van der Waals surface area contributed by atoms with Crippen molar-refractivity contribution in [2.45, 2.75) is 19.8 Å². The molecule has 60 valence electrons. The first-order valence-electron chi connectivity index (χ1n) is 3.94. The largest absolute Gasteiger partial charge is 0.396 e. The van der Waals surface area contributed by atoms with Gasteiger partial charge in [0.05, 0.1) is 6.67 Å². The molecule has 0 heterocycles. The van der Waals surface area contributed by atoms with Crippen LogP contribution in [-0.2, 0) is 0 Å². The van der Waals surface area contributed by atoms with Gasteiger partial charge in [-0.05, 0) is 30.6 Å². The molecule has 0 aromatic carbocycles. The molecule has 0 aliphatic heterocycles. The molecule has 0 unspecified atom stereocenters. The van der Waals surface area contributed by atoms with Crippen molar-refractivity contribution >= 4 is 0 Å². The van der Waals surface area contributed by atoms with Gasteiger partial charge in [0.1, 0.15) is 0 Å². The van der Waals surface area contributed by atoms with Gasteiger partial charge in [0, 0.05) is 6.61 Å². The Bertz CT molecular complexity index is 105. The van der Waals surface area contributed by atoms with E-state index >= 15 is 0 Å². The average molecular weight is 146 g/mol. The molecule has 2 heteroatoms. The second-order valence-corrected chi connectivity index (χ2v) is 3.41. The van der Waals surface area contributed by atoms with E-state index in [-0.39, 0.29) is 19.2 Å². The Balaban J connectivity index is 2.36. The normalized spacial score (nSPS) is 40.5. The molecule has 1 saturated carbocycles. The molecule has 1 aliphatic carbocycles. The second kappa shape index (κ2) is 3.33. The number of alkyl halides is 1. The zero-order valence-electron chi connectivity index (χ0n) is 6.39. The maximum atomic E-state index is 12.2. The van der Waals surface area contributed by atoms with Gasteiger partial charge in [-0.2, -0.15) is 0 Å². The van der Waals surface area contributed by atoms with E-state index in [9.17, 15) is 4.39 Å². The van der Waals surface area contributed by atoms with Gasteiger partial charge in [-0.15, -0.1) is 0 Å². The zero-order valence-corrected chi connectivity index (χ0v) is 6.39. The summed E-state index contributed by atoms with van der Waals surface area (Å²) in [6.45, 7) is 2.10. The van der Waals surface area contributed by atoms with E-state index in [0.717, 1.165) is 12.8 Å². The van der Waals surface area contributed by atoms with E-state index in [2.05, 4.69) is 6.92 Å². The lowest BCUT2D eigenvalue weighted by Crippen LogP contribution is -2.05. The monoisotopic (exact) mass is 146 g/mol. The second-order valence-electron chi connectivity index (χ2n) is 3.41. The van der Waals surface area contributed by atoms with E-state index < -0.39 is 0 Å². The molecule has 0 saturated heterocycles. The van der Waals surface area contributed by atoms with E-state index in [1.165, 1.54) is 0 Å². The third-order valence-electron chi connectivity index (χ3n) is 2.60. The SMILES string of the molecule is C[C@@H]1C[C@H](CO)C[C@@H]1CF. The lowest BCUT2D eigenvalue weighted by Gasteiger charge is -2.07. The predicted molar refractivity (Wildman–Crippen MR) is 38.4 cm³/mol. The number of rotatable bonds is 2. The minimum absolute atomic E-state index is 0.211. The lowest BCUT2D eigenvalue weighted by atomic mass is 10.0. The topological polar surface area (TPSA) is 20.2 Å². The van der Waals surface area contributed by atoms with Crippen LogP contribution in [0, 0.1) is 17.8 Å². The van der Waals surface area contributed by atoms with Gasteiger partial charge in [0.2, 0.25) is 0 Å². The highest BCUT2D eigenvalue weighted by atomic mass is 19.1. The van der Waals surface area contributed by atoms with E-state index in [1.807, 2.05) is 0 Å². The molecule has 1 rings (SSSR count). The molecule has 1 fully saturated rings. The summed E-state index contributed by atoms with van der Waals surface area (Å²) in [7, 11) is 0. The number of halogens is 1. The van der Waals surface area contributed by atoms with Gasteiger partial charge in [0.25, 0.3) is 0 Å². The number of hydrogen-bond acceptors (Lipinski definition) is 1. The number of hydrogen-bond donors (Lipinski definition) is 1. The van der Waals surface area contributed by atoms with Gasteiger partial charge in [-0.1, -0.05) is 6.92 Å². The van der Waals surface area contributed by atoms with Crippen molar-refractivity contribution in [1.82, 2.24) is 0 Å². The van der Waals surface area contributed by atoms with Crippen LogP contribution in [0.1, 0.15) is 19.8 Å². The van der Waals surface area contributed by atoms with Crippen molar-refractivity contribution in [3.8, 4) is 0 Å². The molecule has 10 heavy (non-hydrogen) atoms. The van der Waals surface area contributed by atoms with E-state index in [1.54, 1.807) is 0 Å². The Labute approximate surface area is 61.2 Å². The molecular weight excluding hydrogens is 131 g/mol. The quantitative estimate of drug-likeness (QED) is 0.627. The molecule has 1 aliphatic rings. The van der Waals surface area contributed by atoms with Crippen molar-refractivity contribution < 1.29 is 9.50 Å². The Morgan fingerprint density at radius 1 is 1.50 bits per heavy atom. The van der Waals surface area contributed by atoms with E-state index in [4.69, 9.17) is 5.11 Å². The molecule has 0 bridgehead atoms. The maximum absolute atomic E-state index is 12.2. The smallest absolute Gasteiger partial charge is 0.0925 e. The molecule has 1 N–H and O–H groups in total. The van der Waals surface area contributed by atoms with Gasteiger partial charge >= 0.3 is 0 Å². The highest BCUT2D eigenvalue weighted by Gasteiger charge is 2.30. The Hall–Kier alpha value is -0.110. The van der Waals surface area contributed by atoms with Crippen LogP contribution in [-0.4, -0.2) is 18.4 Å². The van der Waals surface area contributed by atoms with Crippen LogP contribution in [0.3, 0.4) is 0 Å². The summed E-state index contributed by atoms with van der Waals surface area (Å²) >= 11 is 0. The van der Waals surface area contributed by atoms with Crippen LogP contribution in [0.25, 0.3) is 0 Å². The van der Waals surface area contributed by atoms with Gasteiger partial charge in [0.15, 0.2) is 0 Å². The maximum Gasteiger partial charge on any atom is 0.0925 e. The first kappa shape index (κ1) is 7.99. The fourth-order valence-corrected chi connectivity index (χ4v) is 1.84. The Morgan fingerprint density at radius 3 is 2.50 bits per heavy atom. The van der Waals surface area contributed by atoms with Crippen LogP contribution in [0.2, 0.25) is 0 Å². The average Bonchev–Trinajstić information content (AvgIpc) is 2.30. The lowest BCUT2D eigenvalue weighted by molar-refractivity contribution is 0.223.